The Bertz CT molecular complexity index is 737. The second-order valence-corrected chi connectivity index (χ2v) is 11.2. The summed E-state index contributed by atoms with van der Waals surface area (Å²) in [7, 11) is -3.44. The lowest BCUT2D eigenvalue weighted by atomic mass is 9.89. The highest BCUT2D eigenvalue weighted by molar-refractivity contribution is 7.89. The van der Waals surface area contributed by atoms with E-state index >= 15 is 0 Å². The summed E-state index contributed by atoms with van der Waals surface area (Å²) in [5.41, 5.74) is 3.26. The first-order chi connectivity index (χ1) is 12.7. The SMILES string of the molecule is CC(C)c1cc(C(C)C)c(S(=O)(=O)N2C3CCCCCCC32)c(C(C)C)c1. The Hall–Kier alpha value is -0.870. The van der Waals surface area contributed by atoms with Crippen molar-refractivity contribution < 1.29 is 8.42 Å². The van der Waals surface area contributed by atoms with Gasteiger partial charge in [-0.1, -0.05) is 79.4 Å². The molecule has 2 atom stereocenters. The number of sulfonamides is 1. The van der Waals surface area contributed by atoms with Crippen LogP contribution in [0.1, 0.15) is 115 Å². The Balaban J connectivity index is 2.11. The number of hydrogen-bond donors (Lipinski definition) is 0. The molecule has 2 unspecified atom stereocenters. The fourth-order valence-electron chi connectivity index (χ4n) is 4.66. The molecule has 0 amide bonds. The Kier molecular flexibility index (Phi) is 6.08. The van der Waals surface area contributed by atoms with Crippen LogP contribution < -0.4 is 0 Å². The van der Waals surface area contributed by atoms with Gasteiger partial charge in [0.05, 0.1) is 4.90 Å². The van der Waals surface area contributed by atoms with Gasteiger partial charge in [-0.3, -0.25) is 0 Å². The van der Waals surface area contributed by atoms with Crippen molar-refractivity contribution in [2.24, 2.45) is 0 Å². The molecule has 1 aliphatic carbocycles. The van der Waals surface area contributed by atoms with Gasteiger partial charge in [-0.15, -0.1) is 0 Å². The quantitative estimate of drug-likeness (QED) is 0.564. The smallest absolute Gasteiger partial charge is 0.207 e. The van der Waals surface area contributed by atoms with E-state index in [-0.39, 0.29) is 23.9 Å². The highest BCUT2D eigenvalue weighted by Crippen LogP contribution is 2.46. The van der Waals surface area contributed by atoms with E-state index in [1.807, 2.05) is 4.31 Å². The minimum absolute atomic E-state index is 0.193. The topological polar surface area (TPSA) is 37.1 Å². The van der Waals surface area contributed by atoms with E-state index in [2.05, 4.69) is 53.7 Å². The number of benzene rings is 1. The Labute approximate surface area is 166 Å². The fourth-order valence-corrected chi connectivity index (χ4v) is 7.20. The summed E-state index contributed by atoms with van der Waals surface area (Å²) in [5, 5.41) is 0. The van der Waals surface area contributed by atoms with Crippen molar-refractivity contribution in [1.29, 1.82) is 0 Å². The van der Waals surface area contributed by atoms with Gasteiger partial charge in [-0.05, 0) is 47.3 Å². The zero-order valence-electron chi connectivity index (χ0n) is 18.0. The fraction of sp³-hybridized carbons (Fsp3) is 0.739. The predicted octanol–water partition coefficient (Wildman–Crippen LogP) is 6.15. The van der Waals surface area contributed by atoms with Crippen LogP contribution in [0.4, 0.5) is 0 Å². The molecule has 2 aliphatic rings. The average molecular weight is 392 g/mol. The van der Waals surface area contributed by atoms with Crippen LogP contribution >= 0.6 is 0 Å². The second kappa shape index (κ2) is 7.87. The third-order valence-corrected chi connectivity index (χ3v) is 8.46. The lowest BCUT2D eigenvalue weighted by molar-refractivity contribution is 0.534. The molecule has 1 aromatic carbocycles. The van der Waals surface area contributed by atoms with Crippen LogP contribution in [0.2, 0.25) is 0 Å². The van der Waals surface area contributed by atoms with Crippen molar-refractivity contribution in [3.63, 3.8) is 0 Å². The molecule has 4 heteroatoms. The Morgan fingerprint density at radius 1 is 0.778 bits per heavy atom. The highest BCUT2D eigenvalue weighted by atomic mass is 32.2. The maximum atomic E-state index is 13.8. The van der Waals surface area contributed by atoms with Crippen molar-refractivity contribution in [2.45, 2.75) is 115 Å². The molecule has 3 rings (SSSR count). The van der Waals surface area contributed by atoms with Crippen molar-refractivity contribution in [3.8, 4) is 0 Å². The van der Waals surface area contributed by atoms with E-state index in [4.69, 9.17) is 0 Å². The molecule has 0 radical (unpaired) electrons. The van der Waals surface area contributed by atoms with Crippen LogP contribution in [0, 0.1) is 0 Å². The second-order valence-electron chi connectivity index (χ2n) is 9.45. The first kappa shape index (κ1) is 20.9. The van der Waals surface area contributed by atoms with Crippen LogP contribution in [0.5, 0.6) is 0 Å². The van der Waals surface area contributed by atoms with E-state index in [1.54, 1.807) is 0 Å². The van der Waals surface area contributed by atoms with Crippen LogP contribution in [-0.4, -0.2) is 24.8 Å². The predicted molar refractivity (Wildman–Crippen MR) is 113 cm³/mol. The molecule has 1 aromatic rings. The largest absolute Gasteiger partial charge is 0.244 e. The molecule has 0 N–H and O–H groups in total. The number of rotatable bonds is 5. The minimum Gasteiger partial charge on any atom is -0.207 e. The molecule has 1 aliphatic heterocycles. The van der Waals surface area contributed by atoms with Crippen molar-refractivity contribution in [3.05, 3.63) is 28.8 Å². The first-order valence-electron chi connectivity index (χ1n) is 10.9. The summed E-state index contributed by atoms with van der Waals surface area (Å²) in [4.78, 5) is 0.614. The average Bonchev–Trinajstić information content (AvgIpc) is 3.25. The monoisotopic (exact) mass is 391 g/mol. The molecule has 2 fully saturated rings. The molecule has 27 heavy (non-hydrogen) atoms. The van der Waals surface area contributed by atoms with Gasteiger partial charge in [-0.2, -0.15) is 4.31 Å². The van der Waals surface area contributed by atoms with Gasteiger partial charge in [-0.25, -0.2) is 8.42 Å². The number of hydrogen-bond acceptors (Lipinski definition) is 2. The van der Waals surface area contributed by atoms with Crippen LogP contribution in [0.15, 0.2) is 17.0 Å². The lowest BCUT2D eigenvalue weighted by Gasteiger charge is -2.23. The highest BCUT2D eigenvalue weighted by Gasteiger charge is 2.55. The Morgan fingerprint density at radius 3 is 1.59 bits per heavy atom. The summed E-state index contributed by atoms with van der Waals surface area (Å²) in [6.07, 6.45) is 6.87. The van der Waals surface area contributed by atoms with Crippen molar-refractivity contribution >= 4 is 10.0 Å². The van der Waals surface area contributed by atoms with E-state index in [9.17, 15) is 8.42 Å². The van der Waals surface area contributed by atoms with E-state index in [0.717, 1.165) is 36.8 Å². The summed E-state index contributed by atoms with van der Waals surface area (Å²) < 4.78 is 29.5. The molecule has 1 saturated heterocycles. The van der Waals surface area contributed by atoms with Crippen molar-refractivity contribution in [2.75, 3.05) is 0 Å². The van der Waals surface area contributed by atoms with Crippen molar-refractivity contribution in [1.82, 2.24) is 4.31 Å². The van der Waals surface area contributed by atoms with Gasteiger partial charge >= 0.3 is 0 Å². The van der Waals surface area contributed by atoms with Gasteiger partial charge in [0, 0.05) is 12.1 Å². The molecule has 0 bridgehead atoms. The van der Waals surface area contributed by atoms with Crippen LogP contribution in [0.25, 0.3) is 0 Å². The molecule has 0 aromatic heterocycles. The summed E-state index contributed by atoms with van der Waals surface area (Å²) in [6, 6.07) is 4.78. The standard InChI is InChI=1S/C23H37NO2S/c1-15(2)18-13-19(16(3)4)23(20(14-18)17(5)6)27(25,26)24-21-11-9-7-8-10-12-22(21)24/h13-17,21-22H,7-12H2,1-6H3. The first-order valence-corrected chi connectivity index (χ1v) is 12.3. The summed E-state index contributed by atoms with van der Waals surface area (Å²) in [6.45, 7) is 12.8. The molecule has 1 saturated carbocycles. The Morgan fingerprint density at radius 2 is 1.22 bits per heavy atom. The molecule has 1 heterocycles. The van der Waals surface area contributed by atoms with Gasteiger partial charge in [0.2, 0.25) is 10.0 Å². The maximum Gasteiger partial charge on any atom is 0.244 e. The minimum atomic E-state index is -3.44. The van der Waals surface area contributed by atoms with Gasteiger partial charge in [0.1, 0.15) is 0 Å². The van der Waals surface area contributed by atoms with Gasteiger partial charge < -0.3 is 0 Å². The zero-order chi connectivity index (χ0) is 19.9. The molecule has 0 spiro atoms. The molecule has 152 valence electrons. The maximum absolute atomic E-state index is 13.8. The van der Waals surface area contributed by atoms with Crippen LogP contribution in [-0.2, 0) is 10.0 Å². The van der Waals surface area contributed by atoms with E-state index < -0.39 is 10.0 Å². The third kappa shape index (κ3) is 3.98. The summed E-state index contributed by atoms with van der Waals surface area (Å²) >= 11 is 0. The van der Waals surface area contributed by atoms with E-state index in [1.165, 1.54) is 18.4 Å². The van der Waals surface area contributed by atoms with Gasteiger partial charge in [0.25, 0.3) is 0 Å². The normalized spacial score (nSPS) is 26.2. The third-order valence-electron chi connectivity index (χ3n) is 6.37. The molecular weight excluding hydrogens is 354 g/mol. The summed E-state index contributed by atoms with van der Waals surface area (Å²) in [5.74, 6) is 0.782. The van der Waals surface area contributed by atoms with Gasteiger partial charge in [0.15, 0.2) is 0 Å². The lowest BCUT2D eigenvalue weighted by Crippen LogP contribution is -2.21. The zero-order valence-corrected chi connectivity index (χ0v) is 18.8. The molecular formula is C23H37NO2S. The number of nitrogens with zero attached hydrogens (tertiary/aromatic N) is 1. The van der Waals surface area contributed by atoms with E-state index in [0.29, 0.717) is 10.8 Å². The van der Waals surface area contributed by atoms with Crippen LogP contribution in [0.3, 0.4) is 0 Å². The number of fused-ring (bicyclic) bond motifs is 1. The molecule has 3 nitrogen and oxygen atoms in total.